The normalized spacial score (nSPS) is 11.8. The van der Waals surface area contributed by atoms with E-state index in [2.05, 4.69) is 20.4 Å². The fourth-order valence-corrected chi connectivity index (χ4v) is 2.52. The molecule has 1 aromatic carbocycles. The quantitative estimate of drug-likeness (QED) is 0.773. The average Bonchev–Trinajstić information content (AvgIpc) is 2.91. The van der Waals surface area contributed by atoms with Crippen LogP contribution in [0.2, 0.25) is 5.02 Å². The number of fused-ring (bicyclic) bond motifs is 1. The molecule has 0 aliphatic rings. The van der Waals surface area contributed by atoms with E-state index in [0.717, 1.165) is 5.56 Å². The van der Waals surface area contributed by atoms with Gasteiger partial charge in [0.05, 0.1) is 11.7 Å². The molecule has 6 nitrogen and oxygen atoms in total. The zero-order valence-corrected chi connectivity index (χ0v) is 14.0. The van der Waals surface area contributed by atoms with Gasteiger partial charge in [0.15, 0.2) is 5.65 Å². The van der Waals surface area contributed by atoms with E-state index in [0.29, 0.717) is 28.5 Å². The molecule has 0 aliphatic heterocycles. The van der Waals surface area contributed by atoms with Gasteiger partial charge in [-0.3, -0.25) is 9.78 Å². The van der Waals surface area contributed by atoms with Crippen molar-refractivity contribution in [1.29, 1.82) is 0 Å². The second-order valence-corrected chi connectivity index (χ2v) is 6.73. The molecule has 0 saturated heterocycles. The van der Waals surface area contributed by atoms with E-state index in [1.165, 1.54) is 0 Å². The average molecular weight is 332 g/mol. The van der Waals surface area contributed by atoms with Gasteiger partial charge in [0.1, 0.15) is 5.39 Å². The molecular formula is C16H18ClN5O. The van der Waals surface area contributed by atoms with Crippen molar-refractivity contribution in [2.75, 3.05) is 5.32 Å². The Morgan fingerprint density at radius 3 is 2.74 bits per heavy atom. The summed E-state index contributed by atoms with van der Waals surface area (Å²) in [6.45, 7) is 6.51. The van der Waals surface area contributed by atoms with E-state index in [4.69, 9.17) is 11.6 Å². The Morgan fingerprint density at radius 1 is 1.30 bits per heavy atom. The topological polar surface area (TPSA) is 75.6 Å². The molecule has 2 aromatic heterocycles. The summed E-state index contributed by atoms with van der Waals surface area (Å²) >= 11 is 6.14. The predicted molar refractivity (Wildman–Crippen MR) is 91.9 cm³/mol. The number of aromatic nitrogens is 4. The van der Waals surface area contributed by atoms with Gasteiger partial charge in [-0.15, -0.1) is 0 Å². The Bertz CT molecular complexity index is 907. The highest BCUT2D eigenvalue weighted by Crippen LogP contribution is 2.19. The minimum absolute atomic E-state index is 0.216. The first-order chi connectivity index (χ1) is 10.9. The van der Waals surface area contributed by atoms with Crippen molar-refractivity contribution in [3.8, 4) is 0 Å². The Balaban J connectivity index is 1.96. The standard InChI is InChI=1S/C16H18ClN5O/c1-16(2,3)22-13-11(9-19-22)14(23)21-15(20-13)18-8-10-6-4-5-7-12(10)17/h4-7,9H,8H2,1-3H3,(H2,18,20,21,23). The molecule has 0 spiro atoms. The number of anilines is 1. The van der Waals surface area contributed by atoms with Gasteiger partial charge in [-0.1, -0.05) is 29.8 Å². The number of benzene rings is 1. The summed E-state index contributed by atoms with van der Waals surface area (Å²) in [5, 5.41) is 8.54. The molecular weight excluding hydrogens is 314 g/mol. The van der Waals surface area contributed by atoms with Gasteiger partial charge in [-0.25, -0.2) is 4.68 Å². The lowest BCUT2D eigenvalue weighted by atomic mass is 10.1. The van der Waals surface area contributed by atoms with Crippen molar-refractivity contribution in [3.63, 3.8) is 0 Å². The third kappa shape index (κ3) is 3.07. The summed E-state index contributed by atoms with van der Waals surface area (Å²) in [7, 11) is 0. The van der Waals surface area contributed by atoms with Crippen LogP contribution in [0.1, 0.15) is 26.3 Å². The zero-order chi connectivity index (χ0) is 16.6. The molecule has 120 valence electrons. The maximum absolute atomic E-state index is 12.2. The van der Waals surface area contributed by atoms with Gasteiger partial charge in [0.2, 0.25) is 5.95 Å². The smallest absolute Gasteiger partial charge is 0.263 e. The highest BCUT2D eigenvalue weighted by molar-refractivity contribution is 6.31. The van der Waals surface area contributed by atoms with Crippen molar-refractivity contribution in [1.82, 2.24) is 19.7 Å². The minimum atomic E-state index is -0.261. The van der Waals surface area contributed by atoms with Crippen LogP contribution >= 0.6 is 11.6 Å². The lowest BCUT2D eigenvalue weighted by Crippen LogP contribution is -2.24. The van der Waals surface area contributed by atoms with Crippen LogP contribution in [-0.2, 0) is 12.1 Å². The minimum Gasteiger partial charge on any atom is -0.352 e. The van der Waals surface area contributed by atoms with E-state index in [9.17, 15) is 4.79 Å². The van der Waals surface area contributed by atoms with E-state index < -0.39 is 0 Å². The van der Waals surface area contributed by atoms with Gasteiger partial charge >= 0.3 is 0 Å². The van der Waals surface area contributed by atoms with Crippen LogP contribution in [-0.4, -0.2) is 19.7 Å². The highest BCUT2D eigenvalue weighted by atomic mass is 35.5. The number of nitrogens with zero attached hydrogens (tertiary/aromatic N) is 3. The third-order valence-corrected chi connectivity index (χ3v) is 3.85. The second kappa shape index (κ2) is 5.70. The Kier molecular flexibility index (Phi) is 3.85. The number of rotatable bonds is 3. The molecule has 0 unspecified atom stereocenters. The van der Waals surface area contributed by atoms with Gasteiger partial charge in [0, 0.05) is 11.6 Å². The number of aromatic amines is 1. The van der Waals surface area contributed by atoms with E-state index >= 15 is 0 Å². The summed E-state index contributed by atoms with van der Waals surface area (Å²) in [6.07, 6.45) is 1.55. The first-order valence-corrected chi connectivity index (χ1v) is 7.70. The number of hydrogen-bond acceptors (Lipinski definition) is 4. The van der Waals surface area contributed by atoms with Crippen molar-refractivity contribution in [3.05, 3.63) is 51.4 Å². The predicted octanol–water partition coefficient (Wildman–Crippen LogP) is 3.14. The van der Waals surface area contributed by atoms with Crippen LogP contribution in [0, 0.1) is 0 Å². The summed E-state index contributed by atoms with van der Waals surface area (Å²) in [4.78, 5) is 19.4. The molecule has 3 rings (SSSR count). The SMILES string of the molecule is CC(C)(C)n1ncc2c(=O)[nH]c(NCc3ccccc3Cl)nc21. The van der Waals surface area contributed by atoms with Crippen LogP contribution in [0.5, 0.6) is 0 Å². The van der Waals surface area contributed by atoms with E-state index in [1.54, 1.807) is 10.9 Å². The second-order valence-electron chi connectivity index (χ2n) is 6.32. The van der Waals surface area contributed by atoms with Gasteiger partial charge in [-0.2, -0.15) is 10.1 Å². The Hall–Kier alpha value is -2.34. The fourth-order valence-electron chi connectivity index (χ4n) is 2.31. The number of hydrogen-bond donors (Lipinski definition) is 2. The van der Waals surface area contributed by atoms with Crippen LogP contribution in [0.3, 0.4) is 0 Å². The Labute approximate surface area is 138 Å². The van der Waals surface area contributed by atoms with Crippen molar-refractivity contribution < 1.29 is 0 Å². The largest absolute Gasteiger partial charge is 0.352 e. The van der Waals surface area contributed by atoms with Crippen LogP contribution < -0.4 is 10.9 Å². The molecule has 0 bridgehead atoms. The van der Waals surface area contributed by atoms with Crippen molar-refractivity contribution in [2.24, 2.45) is 0 Å². The fraction of sp³-hybridized carbons (Fsp3) is 0.312. The molecule has 0 radical (unpaired) electrons. The molecule has 3 aromatic rings. The molecule has 7 heteroatoms. The summed E-state index contributed by atoms with van der Waals surface area (Å²) in [5.41, 5.74) is 1.01. The Morgan fingerprint density at radius 2 is 2.04 bits per heavy atom. The molecule has 2 heterocycles. The molecule has 0 amide bonds. The van der Waals surface area contributed by atoms with Crippen molar-refractivity contribution in [2.45, 2.75) is 32.9 Å². The van der Waals surface area contributed by atoms with Gasteiger partial charge in [-0.05, 0) is 32.4 Å². The lowest BCUT2D eigenvalue weighted by Gasteiger charge is -2.19. The van der Waals surface area contributed by atoms with E-state index in [1.807, 2.05) is 45.0 Å². The molecule has 0 aliphatic carbocycles. The summed E-state index contributed by atoms with van der Waals surface area (Å²) in [6, 6.07) is 7.54. The van der Waals surface area contributed by atoms with Gasteiger partial charge in [0.25, 0.3) is 5.56 Å². The van der Waals surface area contributed by atoms with Crippen LogP contribution in [0.25, 0.3) is 11.0 Å². The summed E-state index contributed by atoms with van der Waals surface area (Å²) in [5.74, 6) is 0.397. The first-order valence-electron chi connectivity index (χ1n) is 7.32. The molecule has 0 fully saturated rings. The number of halogens is 1. The molecule has 2 N–H and O–H groups in total. The third-order valence-electron chi connectivity index (χ3n) is 3.48. The molecule has 23 heavy (non-hydrogen) atoms. The lowest BCUT2D eigenvalue weighted by molar-refractivity contribution is 0.366. The zero-order valence-electron chi connectivity index (χ0n) is 13.2. The van der Waals surface area contributed by atoms with Crippen LogP contribution in [0.4, 0.5) is 5.95 Å². The maximum Gasteiger partial charge on any atom is 0.263 e. The number of nitrogens with one attached hydrogen (secondary N) is 2. The molecule has 0 saturated carbocycles. The monoisotopic (exact) mass is 331 g/mol. The van der Waals surface area contributed by atoms with E-state index in [-0.39, 0.29) is 11.1 Å². The summed E-state index contributed by atoms with van der Waals surface area (Å²) < 4.78 is 1.75. The van der Waals surface area contributed by atoms with Crippen LogP contribution in [0.15, 0.2) is 35.3 Å². The first kappa shape index (κ1) is 15.6. The maximum atomic E-state index is 12.2. The molecule has 0 atom stereocenters. The number of H-pyrrole nitrogens is 1. The van der Waals surface area contributed by atoms with Gasteiger partial charge < -0.3 is 5.32 Å². The highest BCUT2D eigenvalue weighted by Gasteiger charge is 2.19. The van der Waals surface area contributed by atoms with Crippen molar-refractivity contribution >= 4 is 28.6 Å².